The number of allylic oxidation sites excluding steroid dienone is 2. The smallest absolute Gasteiger partial charge is 0.350 e. The van der Waals surface area contributed by atoms with Crippen molar-refractivity contribution in [1.82, 2.24) is 14.6 Å². The molecular weight excluding hydrogens is 356 g/mol. The number of nitrogens with one attached hydrogen (secondary N) is 2. The van der Waals surface area contributed by atoms with Crippen molar-refractivity contribution in [2.24, 2.45) is 22.9 Å². The van der Waals surface area contributed by atoms with Crippen molar-refractivity contribution < 1.29 is 4.74 Å². The second kappa shape index (κ2) is 6.82. The summed E-state index contributed by atoms with van der Waals surface area (Å²) in [7, 11) is 1.58. The maximum Gasteiger partial charge on any atom is 0.350 e. The van der Waals surface area contributed by atoms with Gasteiger partial charge in [0.2, 0.25) is 0 Å². The van der Waals surface area contributed by atoms with Gasteiger partial charge in [-0.05, 0) is 37.3 Å². The van der Waals surface area contributed by atoms with E-state index in [1.807, 2.05) is 6.07 Å². The van der Waals surface area contributed by atoms with Gasteiger partial charge in [0, 0.05) is 23.6 Å². The number of benzene rings is 1. The fourth-order valence-electron chi connectivity index (χ4n) is 4.27. The Labute approximate surface area is 161 Å². The van der Waals surface area contributed by atoms with Crippen molar-refractivity contribution in [3.05, 3.63) is 50.7 Å². The molecule has 0 bridgehead atoms. The zero-order valence-corrected chi connectivity index (χ0v) is 16.4. The average Bonchev–Trinajstić information content (AvgIpc) is 3.01. The summed E-state index contributed by atoms with van der Waals surface area (Å²) in [4.78, 5) is 31.3. The molecule has 0 aliphatic heterocycles. The van der Waals surface area contributed by atoms with Gasteiger partial charge in [-0.25, -0.2) is 4.79 Å². The van der Waals surface area contributed by atoms with Gasteiger partial charge in [0.25, 0.3) is 0 Å². The SMILES string of the molecule is COc1ccc2c(c1)[nH]c1c(=O)n(/N=C\[C@H]3[C@H](C)CC(C)=C[C@@H]3C)c(=O)[nH]c12. The second-order valence-corrected chi connectivity index (χ2v) is 7.73. The van der Waals surface area contributed by atoms with Gasteiger partial charge in [-0.2, -0.15) is 5.10 Å². The van der Waals surface area contributed by atoms with E-state index < -0.39 is 11.2 Å². The molecule has 1 aromatic carbocycles. The van der Waals surface area contributed by atoms with E-state index >= 15 is 0 Å². The normalized spacial score (nSPS) is 22.9. The van der Waals surface area contributed by atoms with Crippen LogP contribution >= 0.6 is 0 Å². The Morgan fingerprint density at radius 1 is 1.21 bits per heavy atom. The predicted octanol–water partition coefficient (Wildman–Crippen LogP) is 3.25. The van der Waals surface area contributed by atoms with Crippen LogP contribution < -0.4 is 16.0 Å². The van der Waals surface area contributed by atoms with Crippen molar-refractivity contribution in [2.45, 2.75) is 27.2 Å². The predicted molar refractivity (Wildman–Crippen MR) is 111 cm³/mol. The molecule has 0 radical (unpaired) electrons. The molecule has 7 heteroatoms. The van der Waals surface area contributed by atoms with Gasteiger partial charge in [-0.1, -0.05) is 25.5 Å². The standard InChI is InChI=1S/C21H24N4O3/c1-11-7-12(2)16(13(3)8-11)10-22-25-20(26)19-18(24-21(25)27)15-6-5-14(28-4)9-17(15)23-19/h5-7,9-10,12-13,16,23H,8H2,1-4H3,(H,24,27)/b22-10-/t12-,13+,16+/m0/s1. The number of H-pyrrole nitrogens is 2. The molecule has 0 unspecified atom stereocenters. The van der Waals surface area contributed by atoms with Crippen LogP contribution in [0.1, 0.15) is 27.2 Å². The molecule has 3 atom stereocenters. The van der Waals surface area contributed by atoms with Crippen LogP contribution in [0.4, 0.5) is 0 Å². The number of aromatic amines is 2. The minimum Gasteiger partial charge on any atom is -0.497 e. The summed E-state index contributed by atoms with van der Waals surface area (Å²) in [6.07, 6.45) is 4.97. The molecule has 1 aliphatic rings. The molecule has 2 N–H and O–H groups in total. The van der Waals surface area contributed by atoms with E-state index in [1.165, 1.54) is 5.57 Å². The Bertz CT molecular complexity index is 1230. The lowest BCUT2D eigenvalue weighted by molar-refractivity contribution is 0.361. The van der Waals surface area contributed by atoms with Gasteiger partial charge in [0.15, 0.2) is 0 Å². The molecule has 0 amide bonds. The van der Waals surface area contributed by atoms with Crippen LogP contribution in [0.15, 0.2) is 44.5 Å². The highest BCUT2D eigenvalue weighted by molar-refractivity contribution is 6.04. The number of aromatic nitrogens is 3. The zero-order chi connectivity index (χ0) is 20.0. The van der Waals surface area contributed by atoms with Crippen molar-refractivity contribution in [3.8, 4) is 5.75 Å². The molecule has 28 heavy (non-hydrogen) atoms. The first-order valence-corrected chi connectivity index (χ1v) is 9.45. The molecule has 3 aromatic rings. The van der Waals surface area contributed by atoms with Crippen molar-refractivity contribution in [2.75, 3.05) is 7.11 Å². The molecule has 7 nitrogen and oxygen atoms in total. The van der Waals surface area contributed by atoms with E-state index in [9.17, 15) is 9.59 Å². The Morgan fingerprint density at radius 3 is 2.71 bits per heavy atom. The minimum atomic E-state index is -0.548. The third-order valence-electron chi connectivity index (χ3n) is 5.65. The summed E-state index contributed by atoms with van der Waals surface area (Å²) in [5.41, 5.74) is 1.88. The first-order chi connectivity index (χ1) is 13.4. The largest absolute Gasteiger partial charge is 0.497 e. The maximum absolute atomic E-state index is 12.9. The van der Waals surface area contributed by atoms with Gasteiger partial charge in [-0.15, -0.1) is 4.68 Å². The highest BCUT2D eigenvalue weighted by Crippen LogP contribution is 2.32. The van der Waals surface area contributed by atoms with Crippen LogP contribution in [-0.4, -0.2) is 28.0 Å². The molecule has 2 heterocycles. The second-order valence-electron chi connectivity index (χ2n) is 7.73. The van der Waals surface area contributed by atoms with Crippen molar-refractivity contribution >= 4 is 28.2 Å². The number of methoxy groups -OCH3 is 1. The van der Waals surface area contributed by atoms with Gasteiger partial charge in [0.1, 0.15) is 11.3 Å². The van der Waals surface area contributed by atoms with Crippen LogP contribution in [-0.2, 0) is 0 Å². The fourth-order valence-corrected chi connectivity index (χ4v) is 4.27. The van der Waals surface area contributed by atoms with Crippen LogP contribution in [0.5, 0.6) is 5.75 Å². The van der Waals surface area contributed by atoms with E-state index in [0.717, 1.165) is 22.0 Å². The van der Waals surface area contributed by atoms with E-state index in [1.54, 1.807) is 25.5 Å². The average molecular weight is 380 g/mol. The number of hydrogen-bond donors (Lipinski definition) is 2. The lowest BCUT2D eigenvalue weighted by Gasteiger charge is -2.29. The third-order valence-corrected chi connectivity index (χ3v) is 5.65. The highest BCUT2D eigenvalue weighted by Gasteiger charge is 2.25. The Balaban J connectivity index is 1.81. The first kappa shape index (κ1) is 18.3. The van der Waals surface area contributed by atoms with Crippen LogP contribution in [0, 0.1) is 17.8 Å². The maximum atomic E-state index is 12.9. The van der Waals surface area contributed by atoms with Crippen molar-refractivity contribution in [3.63, 3.8) is 0 Å². The van der Waals surface area contributed by atoms with Crippen LogP contribution in [0.2, 0.25) is 0 Å². The topological polar surface area (TPSA) is 92.2 Å². The summed E-state index contributed by atoms with van der Waals surface area (Å²) in [5.74, 6) is 1.57. The van der Waals surface area contributed by atoms with Crippen LogP contribution in [0.25, 0.3) is 21.9 Å². The number of rotatable bonds is 3. The van der Waals surface area contributed by atoms with E-state index in [2.05, 4.69) is 41.9 Å². The van der Waals surface area contributed by atoms with Gasteiger partial charge >= 0.3 is 11.2 Å². The summed E-state index contributed by atoms with van der Waals surface area (Å²) in [5, 5.41) is 5.03. The number of nitrogens with zero attached hydrogens (tertiary/aromatic N) is 2. The Kier molecular flexibility index (Phi) is 4.45. The molecule has 146 valence electrons. The zero-order valence-electron chi connectivity index (χ0n) is 16.4. The van der Waals surface area contributed by atoms with E-state index in [4.69, 9.17) is 4.74 Å². The van der Waals surface area contributed by atoms with Gasteiger partial charge in [-0.3, -0.25) is 4.79 Å². The van der Waals surface area contributed by atoms with E-state index in [-0.39, 0.29) is 5.92 Å². The first-order valence-electron chi connectivity index (χ1n) is 9.45. The molecule has 0 fully saturated rings. The van der Waals surface area contributed by atoms with Crippen molar-refractivity contribution in [1.29, 1.82) is 0 Å². The minimum absolute atomic E-state index is 0.178. The monoisotopic (exact) mass is 380 g/mol. The van der Waals surface area contributed by atoms with Crippen LogP contribution in [0.3, 0.4) is 0 Å². The molecule has 0 saturated carbocycles. The van der Waals surface area contributed by atoms with Gasteiger partial charge < -0.3 is 14.7 Å². The number of fused-ring (bicyclic) bond motifs is 3. The van der Waals surface area contributed by atoms with Gasteiger partial charge in [0.05, 0.1) is 18.1 Å². The summed E-state index contributed by atoms with van der Waals surface area (Å²) in [6.45, 7) is 6.44. The summed E-state index contributed by atoms with van der Waals surface area (Å²) >= 11 is 0. The molecule has 4 rings (SSSR count). The van der Waals surface area contributed by atoms with E-state index in [0.29, 0.717) is 28.6 Å². The third kappa shape index (κ3) is 2.96. The fraction of sp³-hybridized carbons (Fsp3) is 0.381. The molecule has 0 spiro atoms. The summed E-state index contributed by atoms with van der Waals surface area (Å²) in [6, 6.07) is 5.40. The molecule has 2 aromatic heterocycles. The Hall–Kier alpha value is -3.09. The highest BCUT2D eigenvalue weighted by atomic mass is 16.5. The molecule has 1 aliphatic carbocycles. The Morgan fingerprint density at radius 2 is 2.00 bits per heavy atom. The number of ether oxygens (including phenoxy) is 1. The molecule has 0 saturated heterocycles. The summed E-state index contributed by atoms with van der Waals surface area (Å²) < 4.78 is 6.13. The number of hydrogen-bond acceptors (Lipinski definition) is 4. The lowest BCUT2D eigenvalue weighted by Crippen LogP contribution is -2.33. The molecular formula is C21H24N4O3. The quantitative estimate of drug-likeness (QED) is 0.540. The lowest BCUT2D eigenvalue weighted by atomic mass is 9.76.